The van der Waals surface area contributed by atoms with Gasteiger partial charge in [0, 0.05) is 0 Å². The summed E-state index contributed by atoms with van der Waals surface area (Å²) >= 11 is 6.00. The van der Waals surface area contributed by atoms with E-state index in [1.165, 1.54) is 23.0 Å². The molecule has 0 radical (unpaired) electrons. The number of rotatable bonds is 6. The number of halogens is 1. The van der Waals surface area contributed by atoms with Crippen LogP contribution in [0.1, 0.15) is 19.5 Å². The van der Waals surface area contributed by atoms with Crippen LogP contribution >= 0.6 is 19.4 Å². The maximum atomic E-state index is 12.6. The molecule has 1 unspecified atom stereocenters. The second kappa shape index (κ2) is 8.43. The number of ether oxygens (including phenoxy) is 3. The maximum Gasteiger partial charge on any atom is 0.527 e. The lowest BCUT2D eigenvalue weighted by atomic mass is 9.92. The van der Waals surface area contributed by atoms with Crippen molar-refractivity contribution in [2.75, 3.05) is 12.3 Å². The molecule has 5 rings (SSSR count). The third-order valence-electron chi connectivity index (χ3n) is 5.71. The van der Waals surface area contributed by atoms with Crippen molar-refractivity contribution in [1.29, 1.82) is 5.26 Å². The zero-order valence-electron chi connectivity index (χ0n) is 18.6. The molecule has 0 spiro atoms. The molecule has 0 aliphatic carbocycles. The molecule has 184 valence electrons. The number of phosphoric acid groups is 1. The minimum atomic E-state index is -4.60. The molecule has 2 saturated heterocycles. The monoisotopic (exact) mass is 521 g/mol. The lowest BCUT2D eigenvalue weighted by molar-refractivity contribution is -0.204. The Morgan fingerprint density at radius 2 is 2.06 bits per heavy atom. The average Bonchev–Trinajstić information content (AvgIpc) is 3.45. The Hall–Kier alpha value is -2.75. The van der Waals surface area contributed by atoms with E-state index in [1.54, 1.807) is 38.1 Å². The summed E-state index contributed by atoms with van der Waals surface area (Å²) in [5, 5.41) is 14.7. The number of anilines is 1. The van der Waals surface area contributed by atoms with Crippen LogP contribution in [-0.2, 0) is 28.9 Å². The van der Waals surface area contributed by atoms with E-state index in [9.17, 15) is 14.7 Å². The number of fused-ring (bicyclic) bond motifs is 2. The number of nitrogens with zero attached hydrogens (tertiary/aromatic N) is 4. The average molecular weight is 522 g/mol. The third-order valence-corrected chi connectivity index (χ3v) is 6.93. The molecule has 1 aromatic carbocycles. The first-order valence-corrected chi connectivity index (χ1v) is 12.4. The van der Waals surface area contributed by atoms with Gasteiger partial charge in [-0.3, -0.25) is 9.42 Å². The number of hydrogen-bond acceptors (Lipinski definition) is 10. The van der Waals surface area contributed by atoms with Crippen LogP contribution in [0.4, 0.5) is 5.82 Å². The Morgan fingerprint density at radius 1 is 1.29 bits per heavy atom. The molecular formula is C21H21ClN5O7P. The number of nitrogens with two attached hydrogens (primary N) is 1. The van der Waals surface area contributed by atoms with Gasteiger partial charge in [0.1, 0.15) is 42.0 Å². The van der Waals surface area contributed by atoms with Crippen molar-refractivity contribution in [3.8, 4) is 11.8 Å². The first-order chi connectivity index (χ1) is 16.6. The smallest absolute Gasteiger partial charge is 0.403 e. The Kier molecular flexibility index (Phi) is 5.77. The van der Waals surface area contributed by atoms with Gasteiger partial charge in [0.2, 0.25) is 5.60 Å². The van der Waals surface area contributed by atoms with E-state index >= 15 is 0 Å². The van der Waals surface area contributed by atoms with Crippen LogP contribution in [-0.4, -0.2) is 50.2 Å². The highest BCUT2D eigenvalue weighted by molar-refractivity contribution is 7.47. The fourth-order valence-corrected chi connectivity index (χ4v) is 5.33. The summed E-state index contributed by atoms with van der Waals surface area (Å²) in [6, 6.07) is 11.7. The fourth-order valence-electron chi connectivity index (χ4n) is 4.30. The second-order valence-electron chi connectivity index (χ2n) is 8.47. The summed E-state index contributed by atoms with van der Waals surface area (Å²) in [4.78, 5) is 14.2. The highest BCUT2D eigenvalue weighted by atomic mass is 35.5. The molecule has 2 aliphatic heterocycles. The number of nitriles is 1. The second-order valence-corrected chi connectivity index (χ2v) is 10.3. The summed E-state index contributed by atoms with van der Waals surface area (Å²) in [5.41, 5.74) is 5.06. The van der Waals surface area contributed by atoms with Gasteiger partial charge in [-0.2, -0.15) is 10.4 Å². The molecule has 14 heteroatoms. The van der Waals surface area contributed by atoms with Crippen molar-refractivity contribution in [1.82, 2.24) is 14.6 Å². The first-order valence-electron chi connectivity index (χ1n) is 10.5. The summed E-state index contributed by atoms with van der Waals surface area (Å²) < 4.78 is 42.6. The van der Waals surface area contributed by atoms with Crippen molar-refractivity contribution in [2.24, 2.45) is 0 Å². The van der Waals surface area contributed by atoms with E-state index in [0.717, 1.165) is 0 Å². The molecule has 0 saturated carbocycles. The van der Waals surface area contributed by atoms with Gasteiger partial charge in [-0.15, -0.1) is 0 Å². The number of aromatic nitrogens is 3. The summed E-state index contributed by atoms with van der Waals surface area (Å²) in [6.45, 7) is 2.95. The Bertz CT molecular complexity index is 1380. The molecule has 3 aromatic rings. The van der Waals surface area contributed by atoms with Crippen LogP contribution < -0.4 is 10.3 Å². The quantitative estimate of drug-likeness (QED) is 0.458. The molecule has 0 amide bonds. The summed E-state index contributed by atoms with van der Waals surface area (Å²) in [6.07, 6.45) is -1.43. The van der Waals surface area contributed by atoms with Crippen LogP contribution in [0.25, 0.3) is 5.52 Å². The highest BCUT2D eigenvalue weighted by Crippen LogP contribution is 2.51. The number of phosphoric ester groups is 1. The predicted molar refractivity (Wildman–Crippen MR) is 121 cm³/mol. The maximum absolute atomic E-state index is 12.6. The molecule has 0 bridgehead atoms. The van der Waals surface area contributed by atoms with Gasteiger partial charge in [0.25, 0.3) is 0 Å². The molecule has 2 aromatic heterocycles. The number of hydrogen-bond donors (Lipinski definition) is 2. The highest BCUT2D eigenvalue weighted by Gasteiger charge is 2.65. The topological polar surface area (TPSA) is 163 Å². The Balaban J connectivity index is 1.45. The van der Waals surface area contributed by atoms with E-state index in [2.05, 4.69) is 16.2 Å². The molecular weight excluding hydrogens is 501 g/mol. The van der Waals surface area contributed by atoms with Gasteiger partial charge < -0.3 is 24.5 Å². The minimum absolute atomic E-state index is 0.0184. The SMILES string of the molecule is CC1(C)O[C@H]2[C@@H](O1)[C@](C#N)(c1ccc3c(N)ncnn13)O[C@@H]2COP(=O)(O)Oc1ccccc1Cl. The van der Waals surface area contributed by atoms with Crippen LogP contribution in [0.3, 0.4) is 0 Å². The van der Waals surface area contributed by atoms with E-state index in [0.29, 0.717) is 11.2 Å². The van der Waals surface area contributed by atoms with E-state index in [-0.39, 0.29) is 16.6 Å². The normalized spacial score (nSPS) is 28.9. The van der Waals surface area contributed by atoms with Crippen molar-refractivity contribution in [2.45, 2.75) is 43.5 Å². The first kappa shape index (κ1) is 24.0. The standard InChI is InChI=1S/C21H21ClN5O7P/c1-20(2)32-17-15(9-30-35(28,29)34-14-6-4-3-5-12(14)22)31-21(10-23,18(17)33-20)16-8-7-13-19(24)25-11-26-27(13)16/h3-8,11,15,17-18H,9H2,1-2H3,(H,28,29)(H2,24,25,26)/t15-,17-,18-,21+/m1/s1. The zero-order chi connectivity index (χ0) is 25.0. The molecule has 35 heavy (non-hydrogen) atoms. The molecule has 12 nitrogen and oxygen atoms in total. The number of para-hydroxylation sites is 1. The zero-order valence-corrected chi connectivity index (χ0v) is 20.2. The van der Waals surface area contributed by atoms with Crippen LogP contribution in [0, 0.1) is 11.3 Å². The van der Waals surface area contributed by atoms with E-state index in [4.69, 9.17) is 40.6 Å². The lowest BCUT2D eigenvalue weighted by Crippen LogP contribution is -2.40. The molecule has 5 atom stereocenters. The van der Waals surface area contributed by atoms with Crippen LogP contribution in [0.15, 0.2) is 42.7 Å². The van der Waals surface area contributed by atoms with Crippen LogP contribution in [0.5, 0.6) is 5.75 Å². The summed E-state index contributed by atoms with van der Waals surface area (Å²) in [5.74, 6) is -0.858. The predicted octanol–water partition coefficient (Wildman–Crippen LogP) is 2.80. The molecule has 4 heterocycles. The van der Waals surface area contributed by atoms with Gasteiger partial charge in [-0.05, 0) is 38.1 Å². The van der Waals surface area contributed by atoms with Gasteiger partial charge in [-0.1, -0.05) is 23.7 Å². The van der Waals surface area contributed by atoms with Gasteiger partial charge >= 0.3 is 7.82 Å². The Labute approximate surface area is 204 Å². The Morgan fingerprint density at radius 3 is 2.80 bits per heavy atom. The van der Waals surface area contributed by atoms with Crippen molar-refractivity contribution < 1.29 is 32.7 Å². The molecule has 3 N–H and O–H groups in total. The third kappa shape index (κ3) is 4.15. The largest absolute Gasteiger partial charge is 0.527 e. The van der Waals surface area contributed by atoms with E-state index < -0.39 is 44.1 Å². The fraction of sp³-hybridized carbons (Fsp3) is 0.381. The van der Waals surface area contributed by atoms with Crippen molar-refractivity contribution in [3.05, 3.63) is 53.4 Å². The summed E-state index contributed by atoms with van der Waals surface area (Å²) in [7, 11) is -4.60. The number of nitrogen functional groups attached to an aromatic ring is 1. The van der Waals surface area contributed by atoms with Gasteiger partial charge in [0.15, 0.2) is 11.6 Å². The lowest BCUT2D eigenvalue weighted by Gasteiger charge is -2.29. The van der Waals surface area contributed by atoms with Crippen molar-refractivity contribution in [3.63, 3.8) is 0 Å². The minimum Gasteiger partial charge on any atom is -0.403 e. The van der Waals surface area contributed by atoms with Crippen LogP contribution in [0.2, 0.25) is 5.02 Å². The van der Waals surface area contributed by atoms with E-state index in [1.807, 2.05) is 0 Å². The van der Waals surface area contributed by atoms with Crippen molar-refractivity contribution >= 4 is 30.8 Å². The van der Waals surface area contributed by atoms with Gasteiger partial charge in [0.05, 0.1) is 17.3 Å². The van der Waals surface area contributed by atoms with Gasteiger partial charge in [-0.25, -0.2) is 14.1 Å². The molecule has 2 fully saturated rings. The molecule has 2 aliphatic rings. The number of benzene rings is 1.